The molecular weight excluding hydrogens is 322 g/mol. The molecule has 2 rings (SSSR count). The van der Waals surface area contributed by atoms with Crippen LogP contribution in [0, 0.1) is 11.3 Å². The Hall–Kier alpha value is -2.67. The molecule has 0 spiro atoms. The summed E-state index contributed by atoms with van der Waals surface area (Å²) in [4.78, 5) is 18.5. The predicted octanol–water partition coefficient (Wildman–Crippen LogP) is 4.25. The number of benzene rings is 1. The molecule has 0 N–H and O–H groups in total. The molecule has 136 valence electrons. The minimum atomic E-state index is 0.0731. The fourth-order valence-corrected chi connectivity index (χ4v) is 2.77. The van der Waals surface area contributed by atoms with Gasteiger partial charge in [-0.1, -0.05) is 51.1 Å². The number of aryl methyl sites for hydroxylation is 1. The average Bonchev–Trinajstić information content (AvgIpc) is 2.63. The first kappa shape index (κ1) is 19.7. The normalized spacial score (nSPS) is 11.0. The van der Waals surface area contributed by atoms with Crippen molar-refractivity contribution in [2.24, 2.45) is 0 Å². The molecule has 0 radical (unpaired) electrons. The summed E-state index contributed by atoms with van der Waals surface area (Å²) in [5, 5.41) is 8.86. The zero-order valence-electron chi connectivity index (χ0n) is 15.9. The lowest BCUT2D eigenvalue weighted by Gasteiger charge is -2.22. The summed E-state index contributed by atoms with van der Waals surface area (Å²) in [5.74, 6) is 0.0731. The monoisotopic (exact) mass is 349 g/mol. The Morgan fingerprint density at radius 2 is 1.88 bits per heavy atom. The summed E-state index contributed by atoms with van der Waals surface area (Å²) in [7, 11) is 0. The van der Waals surface area contributed by atoms with Gasteiger partial charge in [0.2, 0.25) is 5.91 Å². The van der Waals surface area contributed by atoms with Crippen LogP contribution in [0.4, 0.5) is 0 Å². The van der Waals surface area contributed by atoms with Gasteiger partial charge >= 0.3 is 0 Å². The summed E-state index contributed by atoms with van der Waals surface area (Å²) in [6.45, 7) is 7.52. The Bertz CT molecular complexity index is 740. The fourth-order valence-electron chi connectivity index (χ4n) is 2.77. The van der Waals surface area contributed by atoms with Crippen LogP contribution in [-0.4, -0.2) is 22.3 Å². The van der Waals surface area contributed by atoms with Crippen LogP contribution in [0.5, 0.6) is 0 Å². The molecule has 4 heteroatoms. The van der Waals surface area contributed by atoms with Gasteiger partial charge in [0.05, 0.1) is 12.5 Å². The first-order valence-electron chi connectivity index (χ1n) is 9.03. The maximum atomic E-state index is 12.6. The van der Waals surface area contributed by atoms with E-state index in [0.29, 0.717) is 32.4 Å². The molecule has 0 fully saturated rings. The number of amides is 1. The van der Waals surface area contributed by atoms with E-state index in [1.54, 1.807) is 17.3 Å². The minimum absolute atomic E-state index is 0.0731. The van der Waals surface area contributed by atoms with Gasteiger partial charge in [0.1, 0.15) is 0 Å². The maximum absolute atomic E-state index is 12.6. The highest BCUT2D eigenvalue weighted by Gasteiger charge is 2.15. The Morgan fingerprint density at radius 1 is 1.15 bits per heavy atom. The number of aromatic nitrogens is 1. The largest absolute Gasteiger partial charge is 0.337 e. The van der Waals surface area contributed by atoms with Crippen LogP contribution in [0.25, 0.3) is 0 Å². The number of carbonyl (C=O) groups excluding carboxylic acids is 1. The third-order valence-electron chi connectivity index (χ3n) is 4.39. The lowest BCUT2D eigenvalue weighted by Crippen LogP contribution is -2.31. The summed E-state index contributed by atoms with van der Waals surface area (Å²) in [6, 6.07) is 14.4. The number of rotatable bonds is 7. The van der Waals surface area contributed by atoms with Gasteiger partial charge in [-0.15, -0.1) is 0 Å². The Kier molecular flexibility index (Phi) is 6.91. The van der Waals surface area contributed by atoms with Gasteiger partial charge in [0.15, 0.2) is 0 Å². The first-order chi connectivity index (χ1) is 12.4. The van der Waals surface area contributed by atoms with Crippen LogP contribution in [0.1, 0.15) is 50.3 Å². The van der Waals surface area contributed by atoms with E-state index < -0.39 is 0 Å². The van der Waals surface area contributed by atoms with Gasteiger partial charge in [-0.25, -0.2) is 0 Å². The second-order valence-corrected chi connectivity index (χ2v) is 7.53. The lowest BCUT2D eigenvalue weighted by atomic mass is 9.86. The van der Waals surface area contributed by atoms with Gasteiger partial charge in [0.25, 0.3) is 0 Å². The van der Waals surface area contributed by atoms with Gasteiger partial charge in [-0.2, -0.15) is 5.26 Å². The molecule has 0 aliphatic carbocycles. The highest BCUT2D eigenvalue weighted by molar-refractivity contribution is 5.76. The molecule has 26 heavy (non-hydrogen) atoms. The van der Waals surface area contributed by atoms with Gasteiger partial charge in [-0.3, -0.25) is 9.78 Å². The molecule has 4 nitrogen and oxygen atoms in total. The zero-order valence-corrected chi connectivity index (χ0v) is 15.9. The molecule has 2 aromatic rings. The Morgan fingerprint density at radius 3 is 2.46 bits per heavy atom. The van der Waals surface area contributed by atoms with Gasteiger partial charge in [0, 0.05) is 31.9 Å². The smallest absolute Gasteiger partial charge is 0.223 e. The lowest BCUT2D eigenvalue weighted by molar-refractivity contribution is -0.131. The summed E-state index contributed by atoms with van der Waals surface area (Å²) in [6.07, 6.45) is 4.97. The second-order valence-electron chi connectivity index (χ2n) is 7.53. The van der Waals surface area contributed by atoms with E-state index in [9.17, 15) is 4.79 Å². The van der Waals surface area contributed by atoms with Crippen molar-refractivity contribution < 1.29 is 4.79 Å². The van der Waals surface area contributed by atoms with E-state index >= 15 is 0 Å². The summed E-state index contributed by atoms with van der Waals surface area (Å²) in [5.41, 5.74) is 3.56. The number of hydrogen-bond acceptors (Lipinski definition) is 3. The van der Waals surface area contributed by atoms with Crippen LogP contribution in [0.3, 0.4) is 0 Å². The van der Waals surface area contributed by atoms with Crippen molar-refractivity contribution in [3.63, 3.8) is 0 Å². The molecule has 1 heterocycles. The number of nitriles is 1. The van der Waals surface area contributed by atoms with Crippen molar-refractivity contribution in [1.82, 2.24) is 9.88 Å². The molecule has 0 aliphatic heterocycles. The molecule has 0 atom stereocenters. The van der Waals surface area contributed by atoms with E-state index in [0.717, 1.165) is 11.1 Å². The molecule has 1 aromatic carbocycles. The quantitative estimate of drug-likeness (QED) is 0.751. The van der Waals surface area contributed by atoms with Crippen molar-refractivity contribution in [1.29, 1.82) is 5.26 Å². The number of pyridine rings is 1. The second kappa shape index (κ2) is 9.15. The van der Waals surface area contributed by atoms with Crippen molar-refractivity contribution in [2.45, 2.75) is 52.0 Å². The van der Waals surface area contributed by atoms with E-state index in [4.69, 9.17) is 5.26 Å². The van der Waals surface area contributed by atoms with Crippen LogP contribution in [0.2, 0.25) is 0 Å². The molecule has 1 aromatic heterocycles. The number of carbonyl (C=O) groups is 1. The number of hydrogen-bond donors (Lipinski definition) is 0. The van der Waals surface area contributed by atoms with Crippen LogP contribution < -0.4 is 0 Å². The molecule has 0 bridgehead atoms. The summed E-state index contributed by atoms with van der Waals surface area (Å²) < 4.78 is 0. The van der Waals surface area contributed by atoms with Crippen molar-refractivity contribution in [3.05, 3.63) is 65.5 Å². The topological polar surface area (TPSA) is 57.0 Å². The van der Waals surface area contributed by atoms with E-state index in [1.807, 2.05) is 12.1 Å². The highest BCUT2D eigenvalue weighted by atomic mass is 16.2. The highest BCUT2D eigenvalue weighted by Crippen LogP contribution is 2.22. The third kappa shape index (κ3) is 6.00. The molecule has 1 amide bonds. The Labute approximate surface area is 156 Å². The standard InChI is InChI=1S/C22H27N3O/c1-22(2,3)20-10-7-18(8-11-20)9-12-21(26)25(15-5-13-23)17-19-6-4-14-24-16-19/h4,6-8,10-11,14,16H,5,9,12,15,17H2,1-3H3. The average molecular weight is 349 g/mol. The molecular formula is C22H27N3O. The van der Waals surface area contributed by atoms with Crippen LogP contribution in [0.15, 0.2) is 48.8 Å². The number of nitrogens with zero attached hydrogens (tertiary/aromatic N) is 3. The predicted molar refractivity (Wildman–Crippen MR) is 103 cm³/mol. The molecule has 0 saturated carbocycles. The fraction of sp³-hybridized carbons (Fsp3) is 0.409. The zero-order chi connectivity index (χ0) is 19.0. The van der Waals surface area contributed by atoms with Gasteiger partial charge in [-0.05, 0) is 34.6 Å². The van der Waals surface area contributed by atoms with Crippen molar-refractivity contribution in [3.8, 4) is 6.07 Å². The van der Waals surface area contributed by atoms with E-state index in [2.05, 4.69) is 56.1 Å². The third-order valence-corrected chi connectivity index (χ3v) is 4.39. The summed E-state index contributed by atoms with van der Waals surface area (Å²) >= 11 is 0. The SMILES string of the molecule is CC(C)(C)c1ccc(CCC(=O)N(CCC#N)Cc2cccnc2)cc1. The van der Waals surface area contributed by atoms with Crippen molar-refractivity contribution >= 4 is 5.91 Å². The van der Waals surface area contributed by atoms with Crippen LogP contribution >= 0.6 is 0 Å². The van der Waals surface area contributed by atoms with Crippen molar-refractivity contribution in [2.75, 3.05) is 6.54 Å². The Balaban J connectivity index is 1.97. The van der Waals surface area contributed by atoms with Gasteiger partial charge < -0.3 is 4.90 Å². The maximum Gasteiger partial charge on any atom is 0.223 e. The minimum Gasteiger partial charge on any atom is -0.337 e. The first-order valence-corrected chi connectivity index (χ1v) is 9.03. The molecule has 0 unspecified atom stereocenters. The molecule has 0 saturated heterocycles. The van der Waals surface area contributed by atoms with Crippen LogP contribution in [-0.2, 0) is 23.2 Å². The molecule has 0 aliphatic rings. The van der Waals surface area contributed by atoms with E-state index in [1.165, 1.54) is 5.56 Å². The van der Waals surface area contributed by atoms with E-state index in [-0.39, 0.29) is 11.3 Å².